The maximum Gasteiger partial charge on any atom is 0.00954 e. The monoisotopic (exact) mass is 231 g/mol. The van der Waals surface area contributed by atoms with Gasteiger partial charge in [-0.2, -0.15) is 12.6 Å². The SMILES string of the molecule is CCCC(CCCS)N(CCC)CCC. The molecule has 0 saturated carbocycles. The van der Waals surface area contributed by atoms with Crippen molar-refractivity contribution in [3.8, 4) is 0 Å². The summed E-state index contributed by atoms with van der Waals surface area (Å²) in [6.45, 7) is 9.40. The first-order valence-corrected chi connectivity index (χ1v) is 7.28. The van der Waals surface area contributed by atoms with Gasteiger partial charge >= 0.3 is 0 Å². The van der Waals surface area contributed by atoms with Crippen molar-refractivity contribution >= 4 is 12.6 Å². The Morgan fingerprint density at radius 3 is 1.93 bits per heavy atom. The Kier molecular flexibility index (Phi) is 11.0. The van der Waals surface area contributed by atoms with Crippen molar-refractivity contribution in [3.05, 3.63) is 0 Å². The van der Waals surface area contributed by atoms with Gasteiger partial charge in [0.05, 0.1) is 0 Å². The number of nitrogens with zero attached hydrogens (tertiary/aromatic N) is 1. The van der Waals surface area contributed by atoms with Gasteiger partial charge in [-0.1, -0.05) is 27.2 Å². The maximum atomic E-state index is 4.32. The molecule has 0 aromatic carbocycles. The average Bonchev–Trinajstić information content (AvgIpc) is 2.24. The molecular weight excluding hydrogens is 202 g/mol. The van der Waals surface area contributed by atoms with E-state index in [1.54, 1.807) is 0 Å². The molecule has 0 aliphatic carbocycles. The van der Waals surface area contributed by atoms with E-state index in [1.165, 1.54) is 51.6 Å². The molecule has 1 nitrogen and oxygen atoms in total. The third kappa shape index (κ3) is 7.24. The Bertz CT molecular complexity index is 122. The molecule has 0 rings (SSSR count). The van der Waals surface area contributed by atoms with Crippen LogP contribution in [0.1, 0.15) is 59.3 Å². The van der Waals surface area contributed by atoms with E-state index >= 15 is 0 Å². The zero-order valence-corrected chi connectivity index (χ0v) is 11.7. The predicted molar refractivity (Wildman–Crippen MR) is 73.9 cm³/mol. The number of hydrogen-bond donors (Lipinski definition) is 1. The summed E-state index contributed by atoms with van der Waals surface area (Å²) >= 11 is 4.32. The molecule has 1 atom stereocenters. The van der Waals surface area contributed by atoms with E-state index in [4.69, 9.17) is 0 Å². The van der Waals surface area contributed by atoms with Crippen molar-refractivity contribution in [2.45, 2.75) is 65.3 Å². The van der Waals surface area contributed by atoms with Gasteiger partial charge in [-0.15, -0.1) is 0 Å². The fraction of sp³-hybridized carbons (Fsp3) is 1.00. The Morgan fingerprint density at radius 2 is 1.53 bits per heavy atom. The molecule has 15 heavy (non-hydrogen) atoms. The van der Waals surface area contributed by atoms with E-state index in [0.717, 1.165) is 11.8 Å². The van der Waals surface area contributed by atoms with Crippen LogP contribution in [-0.2, 0) is 0 Å². The van der Waals surface area contributed by atoms with Crippen molar-refractivity contribution in [3.63, 3.8) is 0 Å². The highest BCUT2D eigenvalue weighted by Gasteiger charge is 2.15. The van der Waals surface area contributed by atoms with Crippen LogP contribution < -0.4 is 0 Å². The molecule has 2 heteroatoms. The first-order valence-electron chi connectivity index (χ1n) is 6.64. The summed E-state index contributed by atoms with van der Waals surface area (Å²) in [7, 11) is 0. The van der Waals surface area contributed by atoms with E-state index < -0.39 is 0 Å². The van der Waals surface area contributed by atoms with Gasteiger partial charge in [-0.25, -0.2) is 0 Å². The molecule has 1 unspecified atom stereocenters. The zero-order valence-electron chi connectivity index (χ0n) is 10.8. The van der Waals surface area contributed by atoms with Crippen LogP contribution in [0.3, 0.4) is 0 Å². The highest BCUT2D eigenvalue weighted by atomic mass is 32.1. The molecule has 0 amide bonds. The number of thiol groups is 1. The molecule has 0 aromatic heterocycles. The standard InChI is InChI=1S/C13H29NS/c1-4-8-13(9-7-12-15)14(10-5-2)11-6-3/h13,15H,4-12H2,1-3H3. The van der Waals surface area contributed by atoms with Crippen molar-refractivity contribution in [1.29, 1.82) is 0 Å². The van der Waals surface area contributed by atoms with Crippen molar-refractivity contribution in [1.82, 2.24) is 4.90 Å². The minimum absolute atomic E-state index is 0.807. The first kappa shape index (κ1) is 15.3. The van der Waals surface area contributed by atoms with E-state index in [0.29, 0.717) is 0 Å². The van der Waals surface area contributed by atoms with Gasteiger partial charge in [-0.3, -0.25) is 0 Å². The second-order valence-corrected chi connectivity index (χ2v) is 4.79. The summed E-state index contributed by atoms with van der Waals surface area (Å²) in [5.74, 6) is 1.03. The van der Waals surface area contributed by atoms with E-state index in [1.807, 2.05) is 0 Å². The Labute approximate surface area is 102 Å². The Hall–Kier alpha value is 0.310. The van der Waals surface area contributed by atoms with Crippen molar-refractivity contribution in [2.24, 2.45) is 0 Å². The Balaban J connectivity index is 4.09. The summed E-state index contributed by atoms with van der Waals surface area (Å²) in [5, 5.41) is 0. The summed E-state index contributed by atoms with van der Waals surface area (Å²) in [5.41, 5.74) is 0. The zero-order chi connectivity index (χ0) is 11.5. The Morgan fingerprint density at radius 1 is 0.933 bits per heavy atom. The third-order valence-corrected chi connectivity index (χ3v) is 3.17. The lowest BCUT2D eigenvalue weighted by Gasteiger charge is -2.31. The fourth-order valence-electron chi connectivity index (χ4n) is 2.22. The summed E-state index contributed by atoms with van der Waals surface area (Å²) in [4.78, 5) is 2.69. The van der Waals surface area contributed by atoms with Gasteiger partial charge in [0.2, 0.25) is 0 Å². The average molecular weight is 231 g/mol. The molecule has 0 aliphatic rings. The lowest BCUT2D eigenvalue weighted by molar-refractivity contribution is 0.175. The van der Waals surface area contributed by atoms with Gasteiger partial charge < -0.3 is 4.90 Å². The van der Waals surface area contributed by atoms with Gasteiger partial charge in [0.1, 0.15) is 0 Å². The predicted octanol–water partition coefficient (Wildman–Crippen LogP) is 3.99. The molecule has 0 aliphatic heterocycles. The maximum absolute atomic E-state index is 4.32. The summed E-state index contributed by atoms with van der Waals surface area (Å²) in [6.07, 6.45) is 7.81. The molecule has 0 N–H and O–H groups in total. The normalized spacial score (nSPS) is 13.4. The van der Waals surface area contributed by atoms with Gasteiger partial charge in [0.15, 0.2) is 0 Å². The highest BCUT2D eigenvalue weighted by molar-refractivity contribution is 7.80. The minimum atomic E-state index is 0.807. The van der Waals surface area contributed by atoms with Crippen molar-refractivity contribution in [2.75, 3.05) is 18.8 Å². The van der Waals surface area contributed by atoms with Crippen LogP contribution in [0.2, 0.25) is 0 Å². The van der Waals surface area contributed by atoms with Crippen molar-refractivity contribution < 1.29 is 0 Å². The molecule has 0 radical (unpaired) electrons. The second-order valence-electron chi connectivity index (χ2n) is 4.34. The second kappa shape index (κ2) is 10.8. The smallest absolute Gasteiger partial charge is 0.00954 e. The summed E-state index contributed by atoms with van der Waals surface area (Å²) in [6, 6.07) is 0.807. The van der Waals surface area contributed by atoms with Crippen LogP contribution in [-0.4, -0.2) is 29.8 Å². The van der Waals surface area contributed by atoms with Gasteiger partial charge in [0, 0.05) is 6.04 Å². The largest absolute Gasteiger partial charge is 0.300 e. The highest BCUT2D eigenvalue weighted by Crippen LogP contribution is 2.14. The first-order chi connectivity index (χ1) is 7.29. The fourth-order valence-corrected chi connectivity index (χ4v) is 2.40. The minimum Gasteiger partial charge on any atom is -0.300 e. The van der Waals surface area contributed by atoms with E-state index in [-0.39, 0.29) is 0 Å². The summed E-state index contributed by atoms with van der Waals surface area (Å²) < 4.78 is 0. The molecule has 0 aromatic rings. The molecular formula is C13H29NS. The quantitative estimate of drug-likeness (QED) is 0.557. The van der Waals surface area contributed by atoms with Crippen LogP contribution in [0.25, 0.3) is 0 Å². The van der Waals surface area contributed by atoms with E-state index in [2.05, 4.69) is 38.3 Å². The molecule has 0 spiro atoms. The molecule has 0 fully saturated rings. The molecule has 92 valence electrons. The van der Waals surface area contributed by atoms with Crippen LogP contribution in [0.5, 0.6) is 0 Å². The molecule has 0 saturated heterocycles. The van der Waals surface area contributed by atoms with Crippen LogP contribution >= 0.6 is 12.6 Å². The molecule has 0 bridgehead atoms. The van der Waals surface area contributed by atoms with Crippen LogP contribution in [0, 0.1) is 0 Å². The van der Waals surface area contributed by atoms with Crippen LogP contribution in [0.4, 0.5) is 0 Å². The lowest BCUT2D eigenvalue weighted by atomic mass is 10.0. The number of rotatable bonds is 10. The van der Waals surface area contributed by atoms with Crippen LogP contribution in [0.15, 0.2) is 0 Å². The van der Waals surface area contributed by atoms with Gasteiger partial charge in [-0.05, 0) is 50.9 Å². The number of hydrogen-bond acceptors (Lipinski definition) is 2. The topological polar surface area (TPSA) is 3.24 Å². The lowest BCUT2D eigenvalue weighted by Crippen LogP contribution is -2.36. The third-order valence-electron chi connectivity index (χ3n) is 2.86. The molecule has 0 heterocycles. The van der Waals surface area contributed by atoms with Gasteiger partial charge in [0.25, 0.3) is 0 Å². The van der Waals surface area contributed by atoms with E-state index in [9.17, 15) is 0 Å².